The average molecular weight is 318 g/mol. The van der Waals surface area contributed by atoms with Gasteiger partial charge in [0.05, 0.1) is 12.2 Å². The molecule has 1 aromatic heterocycles. The molecule has 1 heterocycles. The minimum atomic E-state index is -0.129. The van der Waals surface area contributed by atoms with Crippen LogP contribution in [-0.2, 0) is 17.8 Å². The van der Waals surface area contributed by atoms with Crippen molar-refractivity contribution < 1.29 is 4.79 Å². The van der Waals surface area contributed by atoms with Crippen LogP contribution in [0.3, 0.4) is 0 Å². The fourth-order valence-electron chi connectivity index (χ4n) is 2.55. The summed E-state index contributed by atoms with van der Waals surface area (Å²) >= 11 is 0. The molecule has 0 aliphatic carbocycles. The smallest absolute Gasteiger partial charge is 0.267 e. The number of benzene rings is 2. The van der Waals surface area contributed by atoms with Crippen LogP contribution in [0.4, 0.5) is 0 Å². The minimum absolute atomic E-state index is 0.129. The Morgan fingerprint density at radius 1 is 0.917 bits per heavy atom. The number of rotatable bonds is 5. The van der Waals surface area contributed by atoms with E-state index in [1.54, 1.807) is 13.0 Å². The summed E-state index contributed by atoms with van der Waals surface area (Å²) in [6.45, 7) is 2.02. The SMILES string of the molecule is CC(=O)Cc1ccc(-c2ccc(=O)n(Cc3ccccc3)n2)cc1. The van der Waals surface area contributed by atoms with Gasteiger partial charge in [-0.15, -0.1) is 0 Å². The predicted molar refractivity (Wildman–Crippen MR) is 93.9 cm³/mol. The average Bonchev–Trinajstić information content (AvgIpc) is 2.58. The highest BCUT2D eigenvalue weighted by Gasteiger charge is 2.05. The maximum atomic E-state index is 12.0. The summed E-state index contributed by atoms with van der Waals surface area (Å²) in [5, 5.41) is 4.47. The van der Waals surface area contributed by atoms with Crippen LogP contribution in [0.25, 0.3) is 11.3 Å². The standard InChI is InChI=1S/C20H18N2O2/c1-15(23)13-16-7-9-18(10-8-16)19-11-12-20(24)22(21-19)14-17-5-3-2-4-6-17/h2-12H,13-14H2,1H3. The van der Waals surface area contributed by atoms with Crippen molar-refractivity contribution >= 4 is 5.78 Å². The van der Waals surface area contributed by atoms with Crippen molar-refractivity contribution in [1.82, 2.24) is 9.78 Å². The zero-order valence-corrected chi connectivity index (χ0v) is 13.5. The highest BCUT2D eigenvalue weighted by atomic mass is 16.1. The van der Waals surface area contributed by atoms with E-state index in [1.165, 1.54) is 10.7 Å². The van der Waals surface area contributed by atoms with Crippen molar-refractivity contribution in [3.05, 3.63) is 88.2 Å². The molecule has 0 saturated heterocycles. The Morgan fingerprint density at radius 3 is 2.29 bits per heavy atom. The van der Waals surface area contributed by atoms with E-state index in [0.717, 1.165) is 22.4 Å². The van der Waals surface area contributed by atoms with Crippen LogP contribution in [0.2, 0.25) is 0 Å². The molecule has 4 nitrogen and oxygen atoms in total. The molecule has 0 bridgehead atoms. The van der Waals surface area contributed by atoms with Gasteiger partial charge in [0.25, 0.3) is 5.56 Å². The summed E-state index contributed by atoms with van der Waals surface area (Å²) in [4.78, 5) is 23.2. The van der Waals surface area contributed by atoms with Gasteiger partial charge in [0.2, 0.25) is 0 Å². The molecule has 0 unspecified atom stereocenters. The molecule has 0 aliphatic heterocycles. The first-order chi connectivity index (χ1) is 11.6. The van der Waals surface area contributed by atoms with Gasteiger partial charge in [-0.3, -0.25) is 9.59 Å². The van der Waals surface area contributed by atoms with Crippen LogP contribution in [-0.4, -0.2) is 15.6 Å². The normalized spacial score (nSPS) is 10.5. The second-order valence-electron chi connectivity index (χ2n) is 5.78. The Balaban J connectivity index is 1.88. The maximum Gasteiger partial charge on any atom is 0.267 e. The van der Waals surface area contributed by atoms with Gasteiger partial charge in [-0.2, -0.15) is 5.10 Å². The van der Waals surface area contributed by atoms with Crippen molar-refractivity contribution in [2.45, 2.75) is 19.9 Å². The summed E-state index contributed by atoms with van der Waals surface area (Å²) < 4.78 is 1.47. The lowest BCUT2D eigenvalue weighted by molar-refractivity contribution is -0.116. The molecule has 120 valence electrons. The number of ketones is 1. The molecule has 4 heteroatoms. The van der Waals surface area contributed by atoms with Crippen LogP contribution in [0.5, 0.6) is 0 Å². The summed E-state index contributed by atoms with van der Waals surface area (Å²) in [7, 11) is 0. The minimum Gasteiger partial charge on any atom is -0.300 e. The fraction of sp³-hybridized carbons (Fsp3) is 0.150. The van der Waals surface area contributed by atoms with Gasteiger partial charge < -0.3 is 0 Å². The Labute approximate surface area is 140 Å². The Morgan fingerprint density at radius 2 is 1.62 bits per heavy atom. The van der Waals surface area contributed by atoms with Gasteiger partial charge in [0.15, 0.2) is 0 Å². The second kappa shape index (κ2) is 7.04. The summed E-state index contributed by atoms with van der Waals surface area (Å²) in [6.07, 6.45) is 0.432. The zero-order valence-electron chi connectivity index (χ0n) is 13.5. The monoisotopic (exact) mass is 318 g/mol. The van der Waals surface area contributed by atoms with Crippen molar-refractivity contribution in [3.8, 4) is 11.3 Å². The molecule has 0 saturated carbocycles. The van der Waals surface area contributed by atoms with E-state index < -0.39 is 0 Å². The van der Waals surface area contributed by atoms with E-state index in [9.17, 15) is 9.59 Å². The van der Waals surface area contributed by atoms with Gasteiger partial charge in [-0.05, 0) is 24.1 Å². The van der Waals surface area contributed by atoms with Crippen LogP contribution in [0, 0.1) is 0 Å². The molecule has 0 radical (unpaired) electrons. The maximum absolute atomic E-state index is 12.0. The van der Waals surface area contributed by atoms with Crippen molar-refractivity contribution in [3.63, 3.8) is 0 Å². The fourth-order valence-corrected chi connectivity index (χ4v) is 2.55. The van der Waals surface area contributed by atoms with E-state index in [-0.39, 0.29) is 11.3 Å². The largest absolute Gasteiger partial charge is 0.300 e. The lowest BCUT2D eigenvalue weighted by Crippen LogP contribution is -2.22. The molecule has 3 rings (SSSR count). The molecule has 2 aromatic carbocycles. The number of hydrogen-bond donors (Lipinski definition) is 0. The first kappa shape index (κ1) is 15.9. The van der Waals surface area contributed by atoms with E-state index >= 15 is 0 Å². The zero-order chi connectivity index (χ0) is 16.9. The van der Waals surface area contributed by atoms with Gasteiger partial charge in [0, 0.05) is 18.1 Å². The Bertz CT molecular complexity index is 897. The highest BCUT2D eigenvalue weighted by Crippen LogP contribution is 2.17. The van der Waals surface area contributed by atoms with E-state index in [0.29, 0.717) is 13.0 Å². The van der Waals surface area contributed by atoms with E-state index in [1.807, 2.05) is 54.6 Å². The predicted octanol–water partition coefficient (Wildman–Crippen LogP) is 3.09. The Kier molecular flexibility index (Phi) is 4.66. The second-order valence-corrected chi connectivity index (χ2v) is 5.78. The summed E-state index contributed by atoms with van der Waals surface area (Å²) in [5.74, 6) is 0.136. The Hall–Kier alpha value is -3.01. The van der Waals surface area contributed by atoms with E-state index in [2.05, 4.69) is 5.10 Å². The van der Waals surface area contributed by atoms with Crippen molar-refractivity contribution in [2.75, 3.05) is 0 Å². The number of Topliss-reactive ketones (excluding diaryl/α,β-unsaturated/α-hetero) is 1. The molecule has 0 aliphatic rings. The highest BCUT2D eigenvalue weighted by molar-refractivity contribution is 5.78. The van der Waals surface area contributed by atoms with Crippen molar-refractivity contribution in [1.29, 1.82) is 0 Å². The third-order valence-electron chi connectivity index (χ3n) is 3.74. The summed E-state index contributed by atoms with van der Waals surface area (Å²) in [6, 6.07) is 20.7. The van der Waals surface area contributed by atoms with Crippen LogP contribution < -0.4 is 5.56 Å². The van der Waals surface area contributed by atoms with E-state index in [4.69, 9.17) is 0 Å². The molecule has 0 N–H and O–H groups in total. The first-order valence-corrected chi connectivity index (χ1v) is 7.83. The topological polar surface area (TPSA) is 52.0 Å². The molecule has 0 atom stereocenters. The molecule has 0 spiro atoms. The molecular formula is C20H18N2O2. The van der Waals surface area contributed by atoms with Gasteiger partial charge in [-0.1, -0.05) is 54.6 Å². The lowest BCUT2D eigenvalue weighted by Gasteiger charge is -2.08. The number of carbonyl (C=O) groups excluding carboxylic acids is 1. The molecule has 3 aromatic rings. The van der Waals surface area contributed by atoms with Gasteiger partial charge >= 0.3 is 0 Å². The van der Waals surface area contributed by atoms with Gasteiger partial charge in [0.1, 0.15) is 5.78 Å². The lowest BCUT2D eigenvalue weighted by atomic mass is 10.1. The molecule has 24 heavy (non-hydrogen) atoms. The molecule has 0 fully saturated rings. The van der Waals surface area contributed by atoms with Crippen LogP contribution in [0.1, 0.15) is 18.1 Å². The third kappa shape index (κ3) is 3.84. The quantitative estimate of drug-likeness (QED) is 0.726. The first-order valence-electron chi connectivity index (χ1n) is 7.83. The molecular weight excluding hydrogens is 300 g/mol. The number of hydrogen-bond acceptors (Lipinski definition) is 3. The number of nitrogens with zero attached hydrogens (tertiary/aromatic N) is 2. The molecule has 0 amide bonds. The van der Waals surface area contributed by atoms with Crippen LogP contribution in [0.15, 0.2) is 71.5 Å². The number of carbonyl (C=O) groups is 1. The third-order valence-corrected chi connectivity index (χ3v) is 3.74. The summed E-state index contributed by atoms with van der Waals surface area (Å²) in [5.41, 5.74) is 3.53. The number of aromatic nitrogens is 2. The van der Waals surface area contributed by atoms with Gasteiger partial charge in [-0.25, -0.2) is 4.68 Å². The van der Waals surface area contributed by atoms with Crippen molar-refractivity contribution in [2.24, 2.45) is 0 Å². The van der Waals surface area contributed by atoms with Crippen LogP contribution >= 0.6 is 0 Å².